The van der Waals surface area contributed by atoms with E-state index in [1.165, 1.54) is 0 Å². The predicted molar refractivity (Wildman–Crippen MR) is 72.6 cm³/mol. The van der Waals surface area contributed by atoms with Gasteiger partial charge in [0, 0.05) is 17.6 Å². The molecule has 0 saturated carbocycles. The molecular formula is C11H17BrN2O2S. The molecule has 0 aliphatic rings. The van der Waals surface area contributed by atoms with Crippen LogP contribution in [0, 0.1) is 6.92 Å². The molecule has 0 amide bonds. The molecule has 1 aromatic rings. The van der Waals surface area contributed by atoms with Crippen LogP contribution in [-0.4, -0.2) is 28.1 Å². The molecule has 1 rings (SSSR count). The zero-order valence-electron chi connectivity index (χ0n) is 9.96. The van der Waals surface area contributed by atoms with Crippen LogP contribution in [0.5, 0.6) is 0 Å². The SMILES string of the molecule is CCNCCNS(=O)(=O)c1cc(C)cc(Br)c1. The van der Waals surface area contributed by atoms with Gasteiger partial charge in [-0.15, -0.1) is 0 Å². The van der Waals surface area contributed by atoms with Crippen LogP contribution in [0.3, 0.4) is 0 Å². The number of benzene rings is 1. The molecule has 0 bridgehead atoms. The minimum Gasteiger partial charge on any atom is -0.316 e. The largest absolute Gasteiger partial charge is 0.316 e. The first-order valence-electron chi connectivity index (χ1n) is 5.43. The van der Waals surface area contributed by atoms with Crippen molar-refractivity contribution in [2.24, 2.45) is 0 Å². The third kappa shape index (κ3) is 4.75. The molecule has 0 atom stereocenters. The zero-order valence-corrected chi connectivity index (χ0v) is 12.4. The number of hydrogen-bond acceptors (Lipinski definition) is 3. The van der Waals surface area contributed by atoms with Crippen LogP contribution in [0.1, 0.15) is 12.5 Å². The molecule has 1 aromatic carbocycles. The Bertz CT molecular complexity index is 454. The van der Waals surface area contributed by atoms with E-state index < -0.39 is 10.0 Å². The van der Waals surface area contributed by atoms with Crippen molar-refractivity contribution in [3.8, 4) is 0 Å². The smallest absolute Gasteiger partial charge is 0.240 e. The quantitative estimate of drug-likeness (QED) is 0.783. The second-order valence-corrected chi connectivity index (χ2v) is 6.40. The van der Waals surface area contributed by atoms with Crippen LogP contribution in [0.4, 0.5) is 0 Å². The van der Waals surface area contributed by atoms with Gasteiger partial charge in [0.2, 0.25) is 10.0 Å². The Morgan fingerprint density at radius 1 is 1.24 bits per heavy atom. The minimum atomic E-state index is -3.41. The Morgan fingerprint density at radius 2 is 1.94 bits per heavy atom. The highest BCUT2D eigenvalue weighted by atomic mass is 79.9. The van der Waals surface area contributed by atoms with Gasteiger partial charge < -0.3 is 5.32 Å². The summed E-state index contributed by atoms with van der Waals surface area (Å²) in [4.78, 5) is 0.292. The van der Waals surface area contributed by atoms with E-state index >= 15 is 0 Å². The first kappa shape index (κ1) is 14.6. The fourth-order valence-electron chi connectivity index (χ4n) is 1.39. The van der Waals surface area contributed by atoms with Crippen molar-refractivity contribution >= 4 is 26.0 Å². The van der Waals surface area contributed by atoms with Crippen molar-refractivity contribution < 1.29 is 8.42 Å². The van der Waals surface area contributed by atoms with Gasteiger partial charge in [0.15, 0.2) is 0 Å². The summed E-state index contributed by atoms with van der Waals surface area (Å²) in [6.07, 6.45) is 0. The maximum Gasteiger partial charge on any atom is 0.240 e. The lowest BCUT2D eigenvalue weighted by Gasteiger charge is -2.08. The van der Waals surface area contributed by atoms with E-state index in [0.717, 1.165) is 16.6 Å². The van der Waals surface area contributed by atoms with Crippen LogP contribution < -0.4 is 10.0 Å². The lowest BCUT2D eigenvalue weighted by atomic mass is 10.2. The molecule has 0 unspecified atom stereocenters. The molecule has 2 N–H and O–H groups in total. The van der Waals surface area contributed by atoms with Crippen molar-refractivity contribution in [1.29, 1.82) is 0 Å². The maximum atomic E-state index is 11.9. The predicted octanol–water partition coefficient (Wildman–Crippen LogP) is 1.65. The van der Waals surface area contributed by atoms with Gasteiger partial charge in [0.25, 0.3) is 0 Å². The van der Waals surface area contributed by atoms with Gasteiger partial charge in [-0.1, -0.05) is 22.9 Å². The molecule has 0 aromatic heterocycles. The van der Waals surface area contributed by atoms with E-state index in [2.05, 4.69) is 26.0 Å². The van der Waals surface area contributed by atoms with Crippen LogP contribution >= 0.6 is 15.9 Å². The number of hydrogen-bond donors (Lipinski definition) is 2. The summed E-state index contributed by atoms with van der Waals surface area (Å²) in [6, 6.07) is 5.13. The highest BCUT2D eigenvalue weighted by Crippen LogP contribution is 2.18. The minimum absolute atomic E-state index is 0.292. The van der Waals surface area contributed by atoms with Crippen molar-refractivity contribution in [2.75, 3.05) is 19.6 Å². The van der Waals surface area contributed by atoms with Crippen LogP contribution in [0.15, 0.2) is 27.6 Å². The van der Waals surface area contributed by atoms with Crippen LogP contribution in [-0.2, 0) is 10.0 Å². The summed E-state index contributed by atoms with van der Waals surface area (Å²) in [6.45, 7) is 5.69. The Labute approximate surface area is 111 Å². The Kier molecular flexibility index (Phi) is 5.58. The molecule has 0 spiro atoms. The van der Waals surface area contributed by atoms with Gasteiger partial charge in [-0.25, -0.2) is 13.1 Å². The molecule has 0 aliphatic heterocycles. The van der Waals surface area contributed by atoms with Crippen molar-refractivity contribution in [2.45, 2.75) is 18.7 Å². The molecule has 4 nitrogen and oxygen atoms in total. The maximum absolute atomic E-state index is 11.9. The highest BCUT2D eigenvalue weighted by Gasteiger charge is 2.13. The third-order valence-corrected chi connectivity index (χ3v) is 4.07. The van der Waals surface area contributed by atoms with Crippen molar-refractivity contribution in [3.05, 3.63) is 28.2 Å². The van der Waals surface area contributed by atoms with E-state index in [4.69, 9.17) is 0 Å². The number of rotatable bonds is 6. The second kappa shape index (κ2) is 6.49. The number of likely N-dealkylation sites (N-methyl/N-ethyl adjacent to an activating group) is 1. The fourth-order valence-corrected chi connectivity index (χ4v) is 3.31. The van der Waals surface area contributed by atoms with Gasteiger partial charge in [0.05, 0.1) is 4.90 Å². The monoisotopic (exact) mass is 320 g/mol. The molecule has 0 aliphatic carbocycles. The average Bonchev–Trinajstić information content (AvgIpc) is 2.23. The van der Waals surface area contributed by atoms with Crippen molar-refractivity contribution in [3.63, 3.8) is 0 Å². The Morgan fingerprint density at radius 3 is 2.53 bits per heavy atom. The lowest BCUT2D eigenvalue weighted by Crippen LogP contribution is -2.31. The standard InChI is InChI=1S/C11H17BrN2O2S/c1-3-13-4-5-14-17(15,16)11-7-9(2)6-10(12)8-11/h6-8,13-14H,3-5H2,1-2H3. The average molecular weight is 321 g/mol. The molecule has 96 valence electrons. The van der Waals surface area contributed by atoms with Crippen LogP contribution in [0.2, 0.25) is 0 Å². The molecule has 0 saturated heterocycles. The van der Waals surface area contributed by atoms with Crippen LogP contribution in [0.25, 0.3) is 0 Å². The van der Waals surface area contributed by atoms with Gasteiger partial charge >= 0.3 is 0 Å². The van der Waals surface area contributed by atoms with E-state index in [-0.39, 0.29) is 0 Å². The summed E-state index contributed by atoms with van der Waals surface area (Å²) in [7, 11) is -3.41. The molecule has 0 radical (unpaired) electrons. The van der Waals surface area contributed by atoms with E-state index in [0.29, 0.717) is 18.0 Å². The summed E-state index contributed by atoms with van der Waals surface area (Å²) < 4.78 is 27.2. The number of sulfonamides is 1. The molecule has 17 heavy (non-hydrogen) atoms. The molecule has 0 heterocycles. The van der Waals surface area contributed by atoms with E-state index in [1.54, 1.807) is 12.1 Å². The number of aryl methyl sites for hydroxylation is 1. The van der Waals surface area contributed by atoms with Gasteiger partial charge in [-0.3, -0.25) is 0 Å². The topological polar surface area (TPSA) is 58.2 Å². The third-order valence-electron chi connectivity index (χ3n) is 2.17. The van der Waals surface area contributed by atoms with E-state index in [1.807, 2.05) is 19.9 Å². The summed E-state index contributed by atoms with van der Waals surface area (Å²) in [5, 5.41) is 3.06. The normalized spacial score (nSPS) is 11.7. The lowest BCUT2D eigenvalue weighted by molar-refractivity contribution is 0.577. The van der Waals surface area contributed by atoms with E-state index in [9.17, 15) is 8.42 Å². The first-order chi connectivity index (χ1) is 7.95. The van der Waals surface area contributed by atoms with Crippen molar-refractivity contribution in [1.82, 2.24) is 10.0 Å². The summed E-state index contributed by atoms with van der Waals surface area (Å²) in [5.74, 6) is 0. The van der Waals surface area contributed by atoms with Gasteiger partial charge in [0.1, 0.15) is 0 Å². The zero-order chi connectivity index (χ0) is 12.9. The number of halogens is 1. The molecule has 0 fully saturated rings. The molecule has 6 heteroatoms. The first-order valence-corrected chi connectivity index (χ1v) is 7.71. The Balaban J connectivity index is 2.75. The second-order valence-electron chi connectivity index (χ2n) is 3.72. The Hall–Kier alpha value is -0.430. The summed E-state index contributed by atoms with van der Waals surface area (Å²) >= 11 is 3.29. The number of nitrogens with one attached hydrogen (secondary N) is 2. The van der Waals surface area contributed by atoms with Gasteiger partial charge in [-0.2, -0.15) is 0 Å². The fraction of sp³-hybridized carbons (Fsp3) is 0.455. The highest BCUT2D eigenvalue weighted by molar-refractivity contribution is 9.10. The molecular weight excluding hydrogens is 304 g/mol. The van der Waals surface area contributed by atoms with Gasteiger partial charge in [-0.05, 0) is 37.2 Å². The summed E-state index contributed by atoms with van der Waals surface area (Å²) in [5.41, 5.74) is 0.909.